The Bertz CT molecular complexity index is 547. The van der Waals surface area contributed by atoms with Crippen molar-refractivity contribution in [1.29, 1.82) is 0 Å². The minimum atomic E-state index is -0.963. The number of anilines is 1. The lowest BCUT2D eigenvalue weighted by Crippen LogP contribution is -2.50. The topological polar surface area (TPSA) is 76.9 Å². The van der Waals surface area contributed by atoms with E-state index in [0.29, 0.717) is 12.4 Å². The van der Waals surface area contributed by atoms with Gasteiger partial charge in [0.05, 0.1) is 6.61 Å². The Morgan fingerprint density at radius 1 is 1.45 bits per heavy atom. The maximum atomic E-state index is 11.5. The molecule has 0 spiro atoms. The third kappa shape index (κ3) is 3.56. The van der Waals surface area contributed by atoms with Crippen molar-refractivity contribution < 1.29 is 15.0 Å². The number of aryl methyl sites for hydroxylation is 1. The van der Waals surface area contributed by atoms with Crippen LogP contribution in [-0.4, -0.2) is 66.4 Å². The van der Waals surface area contributed by atoms with Gasteiger partial charge in [-0.25, -0.2) is 9.78 Å². The van der Waals surface area contributed by atoms with Crippen LogP contribution in [-0.2, 0) is 0 Å². The van der Waals surface area contributed by atoms with Crippen molar-refractivity contribution in [2.24, 2.45) is 5.41 Å². The van der Waals surface area contributed by atoms with Gasteiger partial charge >= 0.3 is 5.97 Å². The van der Waals surface area contributed by atoms with E-state index in [1.807, 2.05) is 25.9 Å². The van der Waals surface area contributed by atoms with Crippen molar-refractivity contribution in [1.82, 2.24) is 9.88 Å². The van der Waals surface area contributed by atoms with Crippen LogP contribution in [0.2, 0.25) is 0 Å². The molecular formula is C16H25N3O3. The summed E-state index contributed by atoms with van der Waals surface area (Å²) in [6.07, 6.45) is 1.86. The second-order valence-electron chi connectivity index (χ2n) is 6.55. The first kappa shape index (κ1) is 16.7. The molecule has 0 radical (unpaired) electrons. The molecule has 1 aliphatic rings. The molecule has 0 aromatic carbocycles. The lowest BCUT2D eigenvalue weighted by atomic mass is 9.80. The number of aromatic nitrogens is 1. The molecule has 2 N–H and O–H groups in total. The predicted octanol–water partition coefficient (Wildman–Crippen LogP) is 1.23. The first-order chi connectivity index (χ1) is 10.4. The maximum Gasteiger partial charge on any atom is 0.339 e. The summed E-state index contributed by atoms with van der Waals surface area (Å²) in [4.78, 5) is 20.0. The highest BCUT2D eigenvalue weighted by atomic mass is 16.4. The van der Waals surface area contributed by atoms with Gasteiger partial charge < -0.3 is 20.0 Å². The van der Waals surface area contributed by atoms with Gasteiger partial charge in [0.1, 0.15) is 11.4 Å². The van der Waals surface area contributed by atoms with E-state index in [0.717, 1.165) is 31.6 Å². The van der Waals surface area contributed by atoms with Crippen molar-refractivity contribution in [3.05, 3.63) is 23.4 Å². The molecule has 0 bridgehead atoms. The summed E-state index contributed by atoms with van der Waals surface area (Å²) >= 11 is 0. The summed E-state index contributed by atoms with van der Waals surface area (Å²) in [5, 5.41) is 19.3. The minimum absolute atomic E-state index is 0.0932. The van der Waals surface area contributed by atoms with Crippen molar-refractivity contribution in [3.8, 4) is 0 Å². The van der Waals surface area contributed by atoms with Crippen molar-refractivity contribution in [2.75, 3.05) is 45.2 Å². The van der Waals surface area contributed by atoms with Crippen LogP contribution in [0.3, 0.4) is 0 Å². The van der Waals surface area contributed by atoms with Crippen molar-refractivity contribution in [2.45, 2.75) is 19.8 Å². The average molecular weight is 307 g/mol. The number of hydrogen-bond acceptors (Lipinski definition) is 5. The van der Waals surface area contributed by atoms with Gasteiger partial charge in [-0.1, -0.05) is 0 Å². The zero-order valence-corrected chi connectivity index (χ0v) is 13.5. The van der Waals surface area contributed by atoms with E-state index in [-0.39, 0.29) is 17.6 Å². The number of carboxylic acid groups (broad SMARTS) is 1. The van der Waals surface area contributed by atoms with E-state index in [4.69, 9.17) is 0 Å². The Morgan fingerprint density at radius 3 is 2.77 bits per heavy atom. The van der Waals surface area contributed by atoms with E-state index < -0.39 is 5.97 Å². The first-order valence-electron chi connectivity index (χ1n) is 7.58. The summed E-state index contributed by atoms with van der Waals surface area (Å²) in [7, 11) is 3.98. The molecule has 2 rings (SSSR count). The Kier molecular flexibility index (Phi) is 5.03. The monoisotopic (exact) mass is 307 g/mol. The average Bonchev–Trinajstić information content (AvgIpc) is 2.46. The number of piperidine rings is 1. The minimum Gasteiger partial charge on any atom is -0.478 e. The number of pyridine rings is 1. The van der Waals surface area contributed by atoms with E-state index in [1.165, 1.54) is 0 Å². The molecule has 0 saturated carbocycles. The van der Waals surface area contributed by atoms with Gasteiger partial charge in [-0.2, -0.15) is 0 Å². The van der Waals surface area contributed by atoms with E-state index in [2.05, 4.69) is 9.88 Å². The highest BCUT2D eigenvalue weighted by Gasteiger charge is 2.37. The van der Waals surface area contributed by atoms with E-state index in [9.17, 15) is 15.0 Å². The predicted molar refractivity (Wildman–Crippen MR) is 85.5 cm³/mol. The van der Waals surface area contributed by atoms with Crippen LogP contribution in [0.15, 0.2) is 12.1 Å². The fraction of sp³-hybridized carbons (Fsp3) is 0.625. The SMILES string of the molecule is Cc1ccc(C(=O)O)c(N2CCCC(CO)(CN(C)C)C2)n1. The van der Waals surface area contributed by atoms with Gasteiger partial charge in [0, 0.05) is 30.7 Å². The number of aliphatic hydroxyl groups is 1. The molecule has 6 heteroatoms. The number of rotatable bonds is 5. The smallest absolute Gasteiger partial charge is 0.339 e. The van der Waals surface area contributed by atoms with E-state index >= 15 is 0 Å². The van der Waals surface area contributed by atoms with Crippen LogP contribution in [0.5, 0.6) is 0 Å². The number of hydrogen-bond donors (Lipinski definition) is 2. The zero-order valence-electron chi connectivity index (χ0n) is 13.5. The highest BCUT2D eigenvalue weighted by Crippen LogP contribution is 2.33. The molecule has 2 heterocycles. The van der Waals surface area contributed by atoms with Crippen LogP contribution in [0, 0.1) is 12.3 Å². The summed E-state index contributed by atoms with van der Waals surface area (Å²) in [6.45, 7) is 4.12. The molecule has 0 amide bonds. The lowest BCUT2D eigenvalue weighted by Gasteiger charge is -2.44. The van der Waals surface area contributed by atoms with Crippen LogP contribution >= 0.6 is 0 Å². The normalized spacial score (nSPS) is 22.1. The van der Waals surface area contributed by atoms with Crippen LogP contribution < -0.4 is 4.90 Å². The number of carboxylic acids is 1. The lowest BCUT2D eigenvalue weighted by molar-refractivity contribution is 0.0691. The Labute approximate surface area is 131 Å². The molecule has 1 aliphatic heterocycles. The van der Waals surface area contributed by atoms with Gasteiger partial charge in [-0.05, 0) is 46.0 Å². The Balaban J connectivity index is 2.33. The highest BCUT2D eigenvalue weighted by molar-refractivity contribution is 5.93. The second-order valence-corrected chi connectivity index (χ2v) is 6.55. The molecule has 1 atom stereocenters. The maximum absolute atomic E-state index is 11.5. The Morgan fingerprint density at radius 2 is 2.18 bits per heavy atom. The molecule has 1 fully saturated rings. The molecule has 1 aromatic heterocycles. The summed E-state index contributed by atoms with van der Waals surface area (Å²) in [6, 6.07) is 3.33. The third-order valence-corrected chi connectivity index (χ3v) is 4.19. The van der Waals surface area contributed by atoms with Crippen molar-refractivity contribution >= 4 is 11.8 Å². The van der Waals surface area contributed by atoms with Gasteiger partial charge in [-0.3, -0.25) is 0 Å². The number of aliphatic hydroxyl groups excluding tert-OH is 1. The quantitative estimate of drug-likeness (QED) is 0.852. The van der Waals surface area contributed by atoms with Crippen molar-refractivity contribution in [3.63, 3.8) is 0 Å². The fourth-order valence-corrected chi connectivity index (χ4v) is 3.32. The van der Waals surface area contributed by atoms with Gasteiger partial charge in [-0.15, -0.1) is 0 Å². The largest absolute Gasteiger partial charge is 0.478 e. The van der Waals surface area contributed by atoms with Gasteiger partial charge in [0.25, 0.3) is 0 Å². The summed E-state index contributed by atoms with van der Waals surface area (Å²) in [5.41, 5.74) is 0.792. The molecular weight excluding hydrogens is 282 g/mol. The number of aromatic carboxylic acids is 1. The standard InChI is InChI=1S/C16H25N3O3/c1-12-5-6-13(15(21)22)14(17-12)19-8-4-7-16(10-19,11-20)9-18(2)3/h5-6,20H,4,7-11H2,1-3H3,(H,21,22). The number of carbonyl (C=O) groups is 1. The number of nitrogens with zero attached hydrogens (tertiary/aromatic N) is 3. The molecule has 22 heavy (non-hydrogen) atoms. The van der Waals surface area contributed by atoms with Crippen LogP contribution in [0.1, 0.15) is 28.9 Å². The van der Waals surface area contributed by atoms with Gasteiger partial charge in [0.15, 0.2) is 0 Å². The first-order valence-corrected chi connectivity index (χ1v) is 7.58. The molecule has 0 aliphatic carbocycles. The zero-order chi connectivity index (χ0) is 16.3. The molecule has 1 aromatic rings. The van der Waals surface area contributed by atoms with Gasteiger partial charge in [0.2, 0.25) is 0 Å². The molecule has 1 unspecified atom stereocenters. The third-order valence-electron chi connectivity index (χ3n) is 4.19. The molecule has 1 saturated heterocycles. The van der Waals surface area contributed by atoms with Crippen LogP contribution in [0.25, 0.3) is 0 Å². The molecule has 6 nitrogen and oxygen atoms in total. The summed E-state index contributed by atoms with van der Waals surface area (Å²) < 4.78 is 0. The fourth-order valence-electron chi connectivity index (χ4n) is 3.32. The summed E-state index contributed by atoms with van der Waals surface area (Å²) in [5.74, 6) is -0.445. The van der Waals surface area contributed by atoms with Crippen LogP contribution in [0.4, 0.5) is 5.82 Å². The van der Waals surface area contributed by atoms with E-state index in [1.54, 1.807) is 12.1 Å². The Hall–Kier alpha value is -1.66. The second kappa shape index (κ2) is 6.62. The molecule has 122 valence electrons.